The van der Waals surface area contributed by atoms with Gasteiger partial charge in [-0.05, 0) is 62.3 Å². The summed E-state index contributed by atoms with van der Waals surface area (Å²) in [5.41, 5.74) is 0.977. The van der Waals surface area contributed by atoms with Crippen molar-refractivity contribution in [2.75, 3.05) is 19.6 Å². The molecule has 21 heavy (non-hydrogen) atoms. The van der Waals surface area contributed by atoms with Crippen LogP contribution in [-0.2, 0) is 11.2 Å². The van der Waals surface area contributed by atoms with Gasteiger partial charge in [0.25, 0.3) is 0 Å². The summed E-state index contributed by atoms with van der Waals surface area (Å²) in [7, 11) is 0. The first-order valence-corrected chi connectivity index (χ1v) is 7.97. The molecule has 1 amide bonds. The molecule has 0 bridgehead atoms. The molecular weight excluding hydrogens is 267 g/mol. The van der Waals surface area contributed by atoms with Crippen molar-refractivity contribution in [1.29, 1.82) is 0 Å². The molecule has 3 rings (SSSR count). The summed E-state index contributed by atoms with van der Waals surface area (Å²) < 4.78 is 13.3. The highest BCUT2D eigenvalue weighted by molar-refractivity contribution is 5.78. The van der Waals surface area contributed by atoms with Crippen LogP contribution in [0.25, 0.3) is 0 Å². The maximum Gasteiger partial charge on any atom is 0.236 e. The summed E-state index contributed by atoms with van der Waals surface area (Å²) in [6.45, 7) is 2.24. The molecule has 1 unspecified atom stereocenters. The zero-order valence-electron chi connectivity index (χ0n) is 12.4. The highest BCUT2D eigenvalue weighted by atomic mass is 19.1. The van der Waals surface area contributed by atoms with Crippen LogP contribution in [0.1, 0.15) is 31.2 Å². The van der Waals surface area contributed by atoms with Crippen LogP contribution < -0.4 is 5.32 Å². The van der Waals surface area contributed by atoms with Gasteiger partial charge in [-0.2, -0.15) is 0 Å². The fraction of sp³-hybridized carbons (Fsp3) is 0.588. The molecule has 1 heterocycles. The lowest BCUT2D eigenvalue weighted by Gasteiger charge is -2.25. The first-order chi connectivity index (χ1) is 10.2. The lowest BCUT2D eigenvalue weighted by atomic mass is 10.0. The van der Waals surface area contributed by atoms with Crippen molar-refractivity contribution in [1.82, 2.24) is 10.2 Å². The summed E-state index contributed by atoms with van der Waals surface area (Å²) in [4.78, 5) is 14.3. The van der Waals surface area contributed by atoms with Crippen LogP contribution in [0.5, 0.6) is 0 Å². The molecule has 3 nitrogen and oxygen atoms in total. The number of hydrogen-bond donors (Lipinski definition) is 1. The van der Waals surface area contributed by atoms with Crippen LogP contribution in [-0.4, -0.2) is 36.5 Å². The smallest absolute Gasteiger partial charge is 0.236 e. The van der Waals surface area contributed by atoms with Gasteiger partial charge in [0, 0.05) is 12.6 Å². The van der Waals surface area contributed by atoms with Crippen molar-refractivity contribution in [3.63, 3.8) is 0 Å². The molecular formula is C17H23FN2O. The minimum Gasteiger partial charge on any atom is -0.338 e. The fourth-order valence-electron chi connectivity index (χ4n) is 3.12. The average Bonchev–Trinajstić information content (AvgIpc) is 3.16. The number of amides is 1. The molecule has 1 aliphatic carbocycles. The minimum atomic E-state index is -0.200. The van der Waals surface area contributed by atoms with Crippen LogP contribution in [0, 0.1) is 11.7 Å². The maximum atomic E-state index is 13.3. The van der Waals surface area contributed by atoms with Gasteiger partial charge in [0.15, 0.2) is 0 Å². The summed E-state index contributed by atoms with van der Waals surface area (Å²) in [5, 5.41) is 3.27. The molecule has 1 saturated heterocycles. The van der Waals surface area contributed by atoms with Crippen LogP contribution in [0.15, 0.2) is 24.3 Å². The number of rotatable bonds is 6. The molecule has 1 aromatic carbocycles. The van der Waals surface area contributed by atoms with E-state index in [1.165, 1.54) is 18.9 Å². The standard InChI is InChI=1S/C17H23FN2O/c18-15-4-1-3-14(9-15)10-16-5-2-8-20(16)17(21)12-19-11-13-6-7-13/h1,3-4,9,13,16,19H,2,5-8,10-12H2. The van der Waals surface area contributed by atoms with Crippen molar-refractivity contribution in [3.8, 4) is 0 Å². The zero-order valence-corrected chi connectivity index (χ0v) is 12.4. The van der Waals surface area contributed by atoms with Gasteiger partial charge in [-0.25, -0.2) is 4.39 Å². The van der Waals surface area contributed by atoms with Crippen molar-refractivity contribution >= 4 is 5.91 Å². The Kier molecular flexibility index (Phi) is 4.54. The summed E-state index contributed by atoms with van der Waals surface area (Å²) in [6, 6.07) is 6.94. The molecule has 1 atom stereocenters. The van der Waals surface area contributed by atoms with Crippen molar-refractivity contribution in [3.05, 3.63) is 35.6 Å². The number of halogens is 1. The topological polar surface area (TPSA) is 32.3 Å². The molecule has 0 spiro atoms. The lowest BCUT2D eigenvalue weighted by molar-refractivity contribution is -0.131. The van der Waals surface area contributed by atoms with Gasteiger partial charge in [-0.3, -0.25) is 4.79 Å². The third-order valence-corrected chi connectivity index (χ3v) is 4.46. The highest BCUT2D eigenvalue weighted by Gasteiger charge is 2.29. The number of nitrogens with zero attached hydrogens (tertiary/aromatic N) is 1. The summed E-state index contributed by atoms with van der Waals surface area (Å²) >= 11 is 0. The summed E-state index contributed by atoms with van der Waals surface area (Å²) in [6.07, 6.45) is 5.42. The van der Waals surface area contributed by atoms with E-state index < -0.39 is 0 Å². The van der Waals surface area contributed by atoms with Crippen LogP contribution in [0.4, 0.5) is 4.39 Å². The molecule has 114 valence electrons. The molecule has 1 aliphatic heterocycles. The van der Waals surface area contributed by atoms with Gasteiger partial charge in [0.1, 0.15) is 5.82 Å². The monoisotopic (exact) mass is 290 g/mol. The lowest BCUT2D eigenvalue weighted by Crippen LogP contribution is -2.42. The van der Waals surface area contributed by atoms with E-state index in [-0.39, 0.29) is 17.8 Å². The van der Waals surface area contributed by atoms with E-state index in [2.05, 4.69) is 5.32 Å². The Morgan fingerprint density at radius 1 is 1.33 bits per heavy atom. The molecule has 2 aliphatic rings. The Morgan fingerprint density at radius 3 is 2.95 bits per heavy atom. The van der Waals surface area contributed by atoms with E-state index in [1.54, 1.807) is 12.1 Å². The molecule has 1 aromatic rings. The van der Waals surface area contributed by atoms with Crippen molar-refractivity contribution < 1.29 is 9.18 Å². The number of carbonyl (C=O) groups excluding carboxylic acids is 1. The van der Waals surface area contributed by atoms with E-state index in [9.17, 15) is 9.18 Å². The Hall–Kier alpha value is -1.42. The van der Waals surface area contributed by atoms with E-state index in [0.717, 1.165) is 43.8 Å². The van der Waals surface area contributed by atoms with Gasteiger partial charge in [0.05, 0.1) is 6.54 Å². The third-order valence-electron chi connectivity index (χ3n) is 4.46. The number of likely N-dealkylation sites (tertiary alicyclic amines) is 1. The second-order valence-electron chi connectivity index (χ2n) is 6.29. The van der Waals surface area contributed by atoms with Gasteiger partial charge in [-0.15, -0.1) is 0 Å². The SMILES string of the molecule is O=C(CNCC1CC1)N1CCCC1Cc1cccc(F)c1. The van der Waals surface area contributed by atoms with Gasteiger partial charge >= 0.3 is 0 Å². The molecule has 1 N–H and O–H groups in total. The number of nitrogens with one attached hydrogen (secondary N) is 1. The fourth-order valence-corrected chi connectivity index (χ4v) is 3.12. The Bertz CT molecular complexity index is 501. The average molecular weight is 290 g/mol. The zero-order chi connectivity index (χ0) is 14.7. The normalized spacial score (nSPS) is 21.8. The molecule has 4 heteroatoms. The number of hydrogen-bond acceptors (Lipinski definition) is 2. The van der Waals surface area contributed by atoms with E-state index in [4.69, 9.17) is 0 Å². The molecule has 0 aromatic heterocycles. The van der Waals surface area contributed by atoms with Crippen LogP contribution in [0.2, 0.25) is 0 Å². The Morgan fingerprint density at radius 2 is 2.19 bits per heavy atom. The molecule has 2 fully saturated rings. The van der Waals surface area contributed by atoms with Gasteiger partial charge in [-0.1, -0.05) is 12.1 Å². The molecule has 1 saturated carbocycles. The predicted molar refractivity (Wildman–Crippen MR) is 80.4 cm³/mol. The number of benzene rings is 1. The Balaban J connectivity index is 1.52. The van der Waals surface area contributed by atoms with Crippen molar-refractivity contribution in [2.24, 2.45) is 5.92 Å². The van der Waals surface area contributed by atoms with Crippen LogP contribution >= 0.6 is 0 Å². The highest BCUT2D eigenvalue weighted by Crippen LogP contribution is 2.27. The quantitative estimate of drug-likeness (QED) is 0.872. The van der Waals surface area contributed by atoms with E-state index in [0.29, 0.717) is 6.54 Å². The predicted octanol–water partition coefficient (Wildman–Crippen LogP) is 2.36. The van der Waals surface area contributed by atoms with E-state index in [1.807, 2.05) is 11.0 Å². The largest absolute Gasteiger partial charge is 0.338 e. The van der Waals surface area contributed by atoms with Crippen LogP contribution in [0.3, 0.4) is 0 Å². The first-order valence-electron chi connectivity index (χ1n) is 7.97. The van der Waals surface area contributed by atoms with Gasteiger partial charge in [0.2, 0.25) is 5.91 Å². The summed E-state index contributed by atoms with van der Waals surface area (Å²) in [5.74, 6) is 0.781. The third kappa shape index (κ3) is 4.03. The molecule has 0 radical (unpaired) electrons. The second-order valence-corrected chi connectivity index (χ2v) is 6.29. The minimum absolute atomic E-state index is 0.189. The second kappa shape index (κ2) is 6.56. The Labute approximate surface area is 125 Å². The van der Waals surface area contributed by atoms with Crippen molar-refractivity contribution in [2.45, 2.75) is 38.1 Å². The van der Waals surface area contributed by atoms with Gasteiger partial charge < -0.3 is 10.2 Å². The van der Waals surface area contributed by atoms with E-state index >= 15 is 0 Å². The maximum absolute atomic E-state index is 13.3. The first kappa shape index (κ1) is 14.5. The number of carbonyl (C=O) groups is 1.